The Morgan fingerprint density at radius 2 is 1.68 bits per heavy atom. The maximum absolute atomic E-state index is 13.0. The molecule has 9 heteroatoms. The second-order valence-electron chi connectivity index (χ2n) is 12.9. The summed E-state index contributed by atoms with van der Waals surface area (Å²) in [6.07, 6.45) is 2.48. The van der Waals surface area contributed by atoms with Gasteiger partial charge < -0.3 is 24.4 Å². The summed E-state index contributed by atoms with van der Waals surface area (Å²) >= 11 is 0. The average Bonchev–Trinajstić information content (AvgIpc) is 3.18. The van der Waals surface area contributed by atoms with E-state index in [1.807, 2.05) is 41.5 Å². The molecule has 2 aliphatic heterocycles. The van der Waals surface area contributed by atoms with Crippen LogP contribution in [0.1, 0.15) is 99.8 Å². The minimum absolute atomic E-state index is 0.0252. The molecule has 0 amide bonds. The van der Waals surface area contributed by atoms with Gasteiger partial charge >= 0.3 is 11.9 Å². The van der Waals surface area contributed by atoms with Crippen LogP contribution in [0, 0.1) is 23.7 Å². The van der Waals surface area contributed by atoms with Gasteiger partial charge in [0.2, 0.25) is 0 Å². The van der Waals surface area contributed by atoms with Gasteiger partial charge in [-0.1, -0.05) is 27.7 Å². The van der Waals surface area contributed by atoms with Crippen molar-refractivity contribution in [2.24, 2.45) is 23.7 Å². The summed E-state index contributed by atoms with van der Waals surface area (Å²) in [4.78, 5) is 25.5. The number of ether oxygens (including phenoxy) is 3. The summed E-state index contributed by atoms with van der Waals surface area (Å²) in [7, 11) is -1.17. The minimum Gasteiger partial charge on any atom is -0.459 e. The van der Waals surface area contributed by atoms with E-state index in [9.17, 15) is 24.0 Å². The van der Waals surface area contributed by atoms with Gasteiger partial charge in [-0.15, -0.1) is 0 Å². The summed E-state index contributed by atoms with van der Waals surface area (Å²) in [5.74, 6) is -1.95. The molecule has 0 aromatic carbocycles. The van der Waals surface area contributed by atoms with E-state index >= 15 is 0 Å². The number of hydrogen-bond donors (Lipinski definition) is 2. The predicted octanol–water partition coefficient (Wildman–Crippen LogP) is 3.91. The molecule has 11 atom stereocenters. The molecule has 2 bridgehead atoms. The molecule has 3 rings (SSSR count). The zero-order chi connectivity index (χ0) is 28.6. The fourth-order valence-corrected chi connectivity index (χ4v) is 8.27. The van der Waals surface area contributed by atoms with Gasteiger partial charge in [0, 0.05) is 52.4 Å². The van der Waals surface area contributed by atoms with E-state index in [4.69, 9.17) is 14.2 Å². The summed E-state index contributed by atoms with van der Waals surface area (Å²) in [5, 5.41) is 23.5. The zero-order valence-corrected chi connectivity index (χ0v) is 25.3. The molecule has 2 heterocycles. The van der Waals surface area contributed by atoms with Crippen molar-refractivity contribution in [2.45, 2.75) is 140 Å². The number of carbonyl (C=O) groups is 2. The third-order valence-corrected chi connectivity index (χ3v) is 11.3. The molecular weight excluding hydrogens is 508 g/mol. The number of aliphatic hydroxyl groups excluding tert-OH is 1. The van der Waals surface area contributed by atoms with Crippen molar-refractivity contribution in [2.75, 3.05) is 6.26 Å². The van der Waals surface area contributed by atoms with Gasteiger partial charge in [0.15, 0.2) is 0 Å². The fourth-order valence-electron chi connectivity index (χ4n) is 7.44. The van der Waals surface area contributed by atoms with E-state index in [2.05, 4.69) is 0 Å². The molecule has 8 nitrogen and oxygen atoms in total. The molecule has 0 radical (unpaired) electrons. The Labute approximate surface area is 231 Å². The number of esters is 2. The van der Waals surface area contributed by atoms with Gasteiger partial charge in [-0.25, -0.2) is 0 Å². The van der Waals surface area contributed by atoms with Crippen LogP contribution in [0.15, 0.2) is 0 Å². The van der Waals surface area contributed by atoms with Crippen molar-refractivity contribution in [3.8, 4) is 0 Å². The highest BCUT2D eigenvalue weighted by molar-refractivity contribution is 7.85. The Hall–Kier alpha value is -1.03. The first kappa shape index (κ1) is 31.5. The monoisotopic (exact) mass is 558 g/mol. The van der Waals surface area contributed by atoms with Crippen molar-refractivity contribution in [3.05, 3.63) is 0 Å². The lowest BCUT2D eigenvalue weighted by Crippen LogP contribution is -2.67. The molecule has 2 N–H and O–H groups in total. The lowest BCUT2D eigenvalue weighted by molar-refractivity contribution is -0.231. The Kier molecular flexibility index (Phi) is 9.81. The summed E-state index contributed by atoms with van der Waals surface area (Å²) < 4.78 is 31.3. The van der Waals surface area contributed by atoms with Gasteiger partial charge in [-0.3, -0.25) is 13.8 Å². The first-order valence-electron chi connectivity index (χ1n) is 14.4. The lowest BCUT2D eigenvalue weighted by atomic mass is 9.55. The average molecular weight is 559 g/mol. The molecule has 0 aromatic rings. The molecule has 1 aliphatic carbocycles. The highest BCUT2D eigenvalue weighted by Crippen LogP contribution is 2.58. The van der Waals surface area contributed by atoms with Crippen LogP contribution in [0.3, 0.4) is 0 Å². The summed E-state index contributed by atoms with van der Waals surface area (Å²) in [6.45, 7) is 13.4. The summed E-state index contributed by atoms with van der Waals surface area (Å²) in [6, 6.07) is 0. The molecular formula is C29H50O8S. The predicted molar refractivity (Wildman–Crippen MR) is 146 cm³/mol. The molecule has 220 valence electrons. The number of hydrogen-bond acceptors (Lipinski definition) is 8. The maximum Gasteiger partial charge on any atom is 0.306 e. The minimum atomic E-state index is -1.64. The molecule has 38 heavy (non-hydrogen) atoms. The smallest absolute Gasteiger partial charge is 0.306 e. The Balaban J connectivity index is 2.18. The van der Waals surface area contributed by atoms with Crippen molar-refractivity contribution in [1.82, 2.24) is 0 Å². The van der Waals surface area contributed by atoms with Crippen LogP contribution in [-0.4, -0.2) is 73.0 Å². The van der Waals surface area contributed by atoms with Crippen LogP contribution in [0.5, 0.6) is 0 Å². The van der Waals surface area contributed by atoms with Crippen molar-refractivity contribution < 1.29 is 38.2 Å². The van der Waals surface area contributed by atoms with Gasteiger partial charge in [0.1, 0.15) is 23.9 Å². The number of carbonyl (C=O) groups excluding carboxylic acids is 2. The van der Waals surface area contributed by atoms with E-state index < -0.39 is 63.1 Å². The Bertz CT molecular complexity index is 890. The van der Waals surface area contributed by atoms with E-state index in [1.54, 1.807) is 13.2 Å². The van der Waals surface area contributed by atoms with Gasteiger partial charge in [0.05, 0.1) is 11.7 Å². The third-order valence-electron chi connectivity index (χ3n) is 9.50. The van der Waals surface area contributed by atoms with Gasteiger partial charge in [0.25, 0.3) is 0 Å². The van der Waals surface area contributed by atoms with Crippen molar-refractivity contribution in [3.63, 3.8) is 0 Å². The van der Waals surface area contributed by atoms with Crippen LogP contribution < -0.4 is 0 Å². The van der Waals surface area contributed by atoms with Crippen LogP contribution in [-0.2, 0) is 34.6 Å². The summed E-state index contributed by atoms with van der Waals surface area (Å²) in [5.41, 5.74) is -2.63. The zero-order valence-electron chi connectivity index (χ0n) is 24.5. The largest absolute Gasteiger partial charge is 0.459 e. The fraction of sp³-hybridized carbons (Fsp3) is 0.931. The van der Waals surface area contributed by atoms with Crippen molar-refractivity contribution in [1.29, 1.82) is 0 Å². The lowest BCUT2D eigenvalue weighted by Gasteiger charge is -2.54. The molecule has 1 unspecified atom stereocenters. The quantitative estimate of drug-likeness (QED) is 0.431. The standard InChI is InChI=1S/C29H50O8S/c1-9-12-19(30)36-24-21(17(3)4)22-23(29(7,33)25(24)32)18-16-27(5,38(8)34)14-11-15-28(6,26(22)35-18)37-20(31)13-10-2/h17-18,21-26,32-33H,9-16H2,1-8H3/t18-,21-,22-,23-,24+,25-,26-,27-,28-,29+,38?/m1/s1. The number of rotatable bonds is 8. The van der Waals surface area contributed by atoms with Crippen LogP contribution in [0.4, 0.5) is 0 Å². The molecule has 1 saturated carbocycles. The Morgan fingerprint density at radius 1 is 1.08 bits per heavy atom. The number of fused-ring (bicyclic) bond motifs is 5. The second-order valence-corrected chi connectivity index (χ2v) is 14.8. The van der Waals surface area contributed by atoms with Crippen LogP contribution in [0.25, 0.3) is 0 Å². The SMILES string of the molecule is CCCC(=O)O[C@H]1[C@H](C(C)C)[C@@H]2[C@@H]([C@H]3C[C@](C)(S(C)=O)CCC[C@@](C)(OC(=O)CCC)[C@@H]2O3)[C@](C)(O)[C@@H]1O. The first-order valence-corrected chi connectivity index (χ1v) is 16.0. The molecule has 0 aromatic heterocycles. The van der Waals surface area contributed by atoms with E-state index in [-0.39, 0.29) is 36.6 Å². The third kappa shape index (κ3) is 5.86. The molecule has 0 spiro atoms. The highest BCUT2D eigenvalue weighted by atomic mass is 32.2. The van der Waals surface area contributed by atoms with Gasteiger partial charge in [-0.2, -0.15) is 0 Å². The van der Waals surface area contributed by atoms with E-state index in [0.29, 0.717) is 38.5 Å². The Morgan fingerprint density at radius 3 is 2.24 bits per heavy atom. The molecule has 2 saturated heterocycles. The highest BCUT2D eigenvalue weighted by Gasteiger charge is 2.69. The van der Waals surface area contributed by atoms with E-state index in [1.165, 1.54) is 0 Å². The molecule has 3 fully saturated rings. The van der Waals surface area contributed by atoms with Crippen molar-refractivity contribution >= 4 is 22.7 Å². The number of aliphatic hydroxyl groups is 2. The van der Waals surface area contributed by atoms with E-state index in [0.717, 1.165) is 0 Å². The van der Waals surface area contributed by atoms with Crippen LogP contribution >= 0.6 is 0 Å². The second kappa shape index (κ2) is 11.8. The van der Waals surface area contributed by atoms with Gasteiger partial charge in [-0.05, 0) is 65.2 Å². The van der Waals surface area contributed by atoms with Crippen LogP contribution in [0.2, 0.25) is 0 Å². The molecule has 3 aliphatic rings. The maximum atomic E-state index is 13.0. The topological polar surface area (TPSA) is 119 Å². The normalized spacial score (nSPS) is 43.9. The first-order chi connectivity index (χ1) is 17.6.